The molecule has 0 amide bonds. The average molecular weight is 815 g/mol. The van der Waals surface area contributed by atoms with E-state index in [9.17, 15) is 36.9 Å². The zero-order chi connectivity index (χ0) is 42.3. The summed E-state index contributed by atoms with van der Waals surface area (Å²) >= 11 is 0. The van der Waals surface area contributed by atoms with Crippen molar-refractivity contribution in [2.24, 2.45) is 0 Å². The SMILES string of the molecule is N#Cc1ccc(-c2cccc(-n3c4ccccc4c4cc(C(F)(F)F)ccc43)c2-c2c(C#N)cccc2-n2c3ccccc3c3cc(C(F)(F)F)ccc32)c(C(F)(F)F)c1. The maximum absolute atomic E-state index is 15.1. The van der Waals surface area contributed by atoms with Crippen LogP contribution in [-0.4, -0.2) is 9.13 Å². The second-order valence-corrected chi connectivity index (χ2v) is 14.0. The summed E-state index contributed by atoms with van der Waals surface area (Å²) in [6.07, 6.45) is -14.4. The Hall–Kier alpha value is -7.51. The van der Waals surface area contributed by atoms with Crippen LogP contribution >= 0.6 is 0 Å². The average Bonchev–Trinajstić information content (AvgIpc) is 3.74. The molecule has 0 atom stereocenters. The largest absolute Gasteiger partial charge is 0.417 e. The van der Waals surface area contributed by atoms with Crippen molar-refractivity contribution in [2.75, 3.05) is 0 Å². The predicted octanol–water partition coefficient (Wildman–Crippen LogP) is 14.0. The van der Waals surface area contributed by atoms with Gasteiger partial charge in [0, 0.05) is 32.7 Å². The smallest absolute Gasteiger partial charge is 0.309 e. The number of nitriles is 2. The van der Waals surface area contributed by atoms with Gasteiger partial charge in [0.15, 0.2) is 0 Å². The van der Waals surface area contributed by atoms with E-state index in [1.54, 1.807) is 81.9 Å². The molecule has 4 nitrogen and oxygen atoms in total. The molecule has 9 aromatic rings. The van der Waals surface area contributed by atoms with E-state index in [1.807, 2.05) is 0 Å². The van der Waals surface area contributed by atoms with Crippen LogP contribution < -0.4 is 0 Å². The third-order valence-corrected chi connectivity index (χ3v) is 10.7. The first-order valence-corrected chi connectivity index (χ1v) is 18.1. The maximum Gasteiger partial charge on any atom is 0.417 e. The van der Waals surface area contributed by atoms with Crippen LogP contribution in [0.1, 0.15) is 27.8 Å². The molecular weight excluding hydrogens is 792 g/mol. The minimum absolute atomic E-state index is 0.0265. The molecule has 0 radical (unpaired) electrons. The zero-order valence-corrected chi connectivity index (χ0v) is 30.5. The summed E-state index contributed by atoms with van der Waals surface area (Å²) in [6.45, 7) is 0. The van der Waals surface area contributed by atoms with E-state index < -0.39 is 35.2 Å². The molecule has 0 aliphatic heterocycles. The van der Waals surface area contributed by atoms with Crippen LogP contribution in [0.5, 0.6) is 0 Å². The number of rotatable bonds is 4. The Balaban J connectivity index is 1.48. The van der Waals surface area contributed by atoms with E-state index in [0.717, 1.165) is 30.3 Å². The first-order valence-electron chi connectivity index (χ1n) is 18.1. The number of para-hydroxylation sites is 2. The molecule has 60 heavy (non-hydrogen) atoms. The quantitative estimate of drug-likeness (QED) is 0.166. The monoisotopic (exact) mass is 814 g/mol. The fourth-order valence-corrected chi connectivity index (χ4v) is 8.20. The first-order chi connectivity index (χ1) is 28.6. The number of hydrogen-bond donors (Lipinski definition) is 0. The van der Waals surface area contributed by atoms with E-state index in [-0.39, 0.29) is 61.0 Å². The summed E-state index contributed by atoms with van der Waals surface area (Å²) in [4.78, 5) is 0. The Labute approximate surface area is 333 Å². The Morgan fingerprint density at radius 2 is 0.900 bits per heavy atom. The third kappa shape index (κ3) is 6.01. The molecule has 0 N–H and O–H groups in total. The number of alkyl halides is 9. The van der Waals surface area contributed by atoms with Crippen LogP contribution in [0.3, 0.4) is 0 Å². The topological polar surface area (TPSA) is 57.4 Å². The number of halogens is 9. The molecule has 0 aliphatic rings. The Bertz CT molecular complexity index is 3310. The lowest BCUT2D eigenvalue weighted by Crippen LogP contribution is -2.10. The van der Waals surface area contributed by atoms with Gasteiger partial charge in [-0.1, -0.05) is 60.7 Å². The number of hydrogen-bond acceptors (Lipinski definition) is 2. The van der Waals surface area contributed by atoms with Crippen molar-refractivity contribution >= 4 is 43.6 Å². The summed E-state index contributed by atoms with van der Waals surface area (Å²) in [6, 6.07) is 35.8. The summed E-state index contributed by atoms with van der Waals surface area (Å²) in [5, 5.41) is 21.7. The molecule has 0 spiro atoms. The molecule has 0 fully saturated rings. The van der Waals surface area contributed by atoms with Gasteiger partial charge < -0.3 is 9.13 Å². The van der Waals surface area contributed by atoms with E-state index in [1.165, 1.54) is 36.4 Å². The molecule has 0 saturated carbocycles. The van der Waals surface area contributed by atoms with E-state index in [4.69, 9.17) is 0 Å². The summed E-state index contributed by atoms with van der Waals surface area (Å²) < 4.78 is 133. The van der Waals surface area contributed by atoms with Crippen molar-refractivity contribution in [1.29, 1.82) is 10.5 Å². The lowest BCUT2D eigenvalue weighted by Gasteiger charge is -2.24. The van der Waals surface area contributed by atoms with Gasteiger partial charge in [-0.05, 0) is 90.0 Å². The van der Waals surface area contributed by atoms with Gasteiger partial charge in [-0.3, -0.25) is 0 Å². The van der Waals surface area contributed by atoms with Gasteiger partial charge in [-0.25, -0.2) is 0 Å². The Morgan fingerprint density at radius 3 is 1.40 bits per heavy atom. The third-order valence-electron chi connectivity index (χ3n) is 10.7. The molecule has 2 aromatic heterocycles. The first kappa shape index (κ1) is 38.0. The molecular formula is C47H23F9N4. The summed E-state index contributed by atoms with van der Waals surface area (Å²) in [5.41, 5.74) is -1.77. The van der Waals surface area contributed by atoms with Gasteiger partial charge in [0.25, 0.3) is 0 Å². The lowest BCUT2D eigenvalue weighted by molar-refractivity contribution is -0.138. The molecule has 0 aliphatic carbocycles. The second kappa shape index (κ2) is 13.5. The van der Waals surface area contributed by atoms with Crippen LogP contribution in [0, 0.1) is 22.7 Å². The Kier molecular flexibility index (Phi) is 8.58. The van der Waals surface area contributed by atoms with Gasteiger partial charge in [0.1, 0.15) is 0 Å². The van der Waals surface area contributed by atoms with Crippen LogP contribution in [0.4, 0.5) is 39.5 Å². The van der Waals surface area contributed by atoms with Gasteiger partial charge in [0.2, 0.25) is 0 Å². The summed E-state index contributed by atoms with van der Waals surface area (Å²) in [5.74, 6) is 0. The molecule has 7 aromatic carbocycles. The van der Waals surface area contributed by atoms with E-state index in [2.05, 4.69) is 6.07 Å². The van der Waals surface area contributed by atoms with Gasteiger partial charge in [0.05, 0.1) is 73.4 Å². The second-order valence-electron chi connectivity index (χ2n) is 14.0. The van der Waals surface area contributed by atoms with E-state index >= 15 is 13.2 Å². The molecule has 294 valence electrons. The highest BCUT2D eigenvalue weighted by Gasteiger charge is 2.37. The number of fused-ring (bicyclic) bond motifs is 6. The van der Waals surface area contributed by atoms with E-state index in [0.29, 0.717) is 33.4 Å². The lowest BCUT2D eigenvalue weighted by atomic mass is 9.86. The zero-order valence-electron chi connectivity index (χ0n) is 30.5. The highest BCUT2D eigenvalue weighted by molar-refractivity contribution is 6.12. The minimum Gasteiger partial charge on any atom is -0.309 e. The fourth-order valence-electron chi connectivity index (χ4n) is 8.20. The number of benzene rings is 7. The van der Waals surface area contributed by atoms with Crippen LogP contribution in [0.15, 0.2) is 140 Å². The van der Waals surface area contributed by atoms with Crippen molar-refractivity contribution in [3.05, 3.63) is 167 Å². The molecule has 0 saturated heterocycles. The maximum atomic E-state index is 15.1. The molecule has 13 heteroatoms. The molecule has 0 bridgehead atoms. The highest BCUT2D eigenvalue weighted by Crippen LogP contribution is 2.49. The van der Waals surface area contributed by atoms with Gasteiger partial charge in [-0.2, -0.15) is 50.0 Å². The van der Waals surface area contributed by atoms with Crippen molar-refractivity contribution in [2.45, 2.75) is 18.5 Å². The van der Waals surface area contributed by atoms with Crippen LogP contribution in [-0.2, 0) is 18.5 Å². The summed E-state index contributed by atoms with van der Waals surface area (Å²) in [7, 11) is 0. The number of aromatic nitrogens is 2. The molecule has 9 rings (SSSR count). The van der Waals surface area contributed by atoms with Crippen molar-refractivity contribution in [3.63, 3.8) is 0 Å². The Morgan fingerprint density at radius 1 is 0.400 bits per heavy atom. The van der Waals surface area contributed by atoms with Crippen molar-refractivity contribution < 1.29 is 39.5 Å². The number of nitrogens with zero attached hydrogens (tertiary/aromatic N) is 4. The van der Waals surface area contributed by atoms with Crippen LogP contribution in [0.2, 0.25) is 0 Å². The van der Waals surface area contributed by atoms with Gasteiger partial charge in [-0.15, -0.1) is 0 Å². The predicted molar refractivity (Wildman–Crippen MR) is 210 cm³/mol. The fraction of sp³-hybridized carbons (Fsp3) is 0.0638. The van der Waals surface area contributed by atoms with Crippen molar-refractivity contribution in [1.82, 2.24) is 9.13 Å². The minimum atomic E-state index is -4.99. The molecule has 0 unspecified atom stereocenters. The highest BCUT2D eigenvalue weighted by atomic mass is 19.4. The normalized spacial score (nSPS) is 12.4. The van der Waals surface area contributed by atoms with Gasteiger partial charge >= 0.3 is 18.5 Å². The van der Waals surface area contributed by atoms with Crippen LogP contribution in [0.25, 0.3) is 77.2 Å². The van der Waals surface area contributed by atoms with Crippen molar-refractivity contribution in [3.8, 4) is 45.8 Å². The molecule has 2 heterocycles. The standard InChI is InChI=1S/C47H23F9N4/c48-45(49,50)28-16-19-39-34(22-28)31-8-1-3-11-37(31)59(39)41-13-5-7-27(25-58)43(41)44-33(30-18-15-26(24-57)21-36(30)47(54,55)56)10-6-14-42(44)60-38-12-4-2-9-32(38)35-23-29(46(51,52)53)17-20-40(35)60/h1-23H.